The number of nitrogens with one attached hydrogen (secondary N) is 1. The minimum atomic E-state index is -3.54. The molecular weight excluding hydrogens is 522 g/mol. The van der Waals surface area contributed by atoms with Crippen LogP contribution in [0.15, 0.2) is 84.9 Å². The fourth-order valence-electron chi connectivity index (χ4n) is 4.50. The summed E-state index contributed by atoms with van der Waals surface area (Å²) in [6.45, 7) is 8.18. The second kappa shape index (κ2) is 13.6. The number of amides is 2. The molecule has 0 unspecified atom stereocenters. The first-order valence-electron chi connectivity index (χ1n) is 13.6. The molecule has 0 aromatic heterocycles. The van der Waals surface area contributed by atoms with Crippen molar-refractivity contribution in [3.63, 3.8) is 0 Å². The molecule has 40 heavy (non-hydrogen) atoms. The Balaban J connectivity index is 1.89. The van der Waals surface area contributed by atoms with Crippen molar-refractivity contribution < 1.29 is 18.0 Å². The summed E-state index contributed by atoms with van der Waals surface area (Å²) >= 11 is 0. The molecule has 1 atom stereocenters. The van der Waals surface area contributed by atoms with Crippen molar-refractivity contribution in [1.29, 1.82) is 0 Å². The zero-order valence-electron chi connectivity index (χ0n) is 24.1. The summed E-state index contributed by atoms with van der Waals surface area (Å²) in [5, 5.41) is 3.07. The van der Waals surface area contributed by atoms with Crippen LogP contribution in [-0.4, -0.2) is 49.5 Å². The van der Waals surface area contributed by atoms with Gasteiger partial charge < -0.3 is 10.2 Å². The minimum absolute atomic E-state index is 0.0960. The first-order chi connectivity index (χ1) is 18.8. The average Bonchev–Trinajstić information content (AvgIpc) is 2.89. The molecule has 0 aliphatic carbocycles. The summed E-state index contributed by atoms with van der Waals surface area (Å²) in [5.74, 6) is -0.425. The fourth-order valence-corrected chi connectivity index (χ4v) is 5.46. The predicted octanol–water partition coefficient (Wildman–Crippen LogP) is 5.10. The highest BCUT2D eigenvalue weighted by atomic mass is 32.2. The van der Waals surface area contributed by atoms with Crippen LogP contribution in [0, 0.1) is 6.92 Å². The van der Waals surface area contributed by atoms with Gasteiger partial charge in [-0.3, -0.25) is 13.9 Å². The number of hydrogen-bond donors (Lipinski definition) is 1. The lowest BCUT2D eigenvalue weighted by Crippen LogP contribution is -2.54. The average molecular weight is 564 g/mol. The largest absolute Gasteiger partial charge is 0.350 e. The first-order valence-corrected chi connectivity index (χ1v) is 15.4. The van der Waals surface area contributed by atoms with E-state index in [4.69, 9.17) is 0 Å². The third kappa shape index (κ3) is 9.52. The van der Waals surface area contributed by atoms with Crippen molar-refractivity contribution in [1.82, 2.24) is 10.2 Å². The van der Waals surface area contributed by atoms with Gasteiger partial charge in [0.2, 0.25) is 21.8 Å². The summed E-state index contributed by atoms with van der Waals surface area (Å²) < 4.78 is 26.4. The lowest BCUT2D eigenvalue weighted by Gasteiger charge is -2.34. The van der Waals surface area contributed by atoms with Gasteiger partial charge in [-0.2, -0.15) is 0 Å². The molecule has 0 saturated carbocycles. The number of hydrogen-bond acceptors (Lipinski definition) is 4. The van der Waals surface area contributed by atoms with E-state index >= 15 is 0 Å². The highest BCUT2D eigenvalue weighted by Crippen LogP contribution is 2.20. The summed E-state index contributed by atoms with van der Waals surface area (Å²) in [4.78, 5) is 29.2. The smallest absolute Gasteiger partial charge is 0.243 e. The molecule has 3 aromatic carbocycles. The molecule has 0 bridgehead atoms. The van der Waals surface area contributed by atoms with E-state index in [1.54, 1.807) is 29.2 Å². The van der Waals surface area contributed by atoms with E-state index in [1.807, 2.05) is 88.4 Å². The van der Waals surface area contributed by atoms with Crippen LogP contribution in [0.2, 0.25) is 0 Å². The monoisotopic (exact) mass is 563 g/mol. The molecule has 0 heterocycles. The molecule has 2 amide bonds. The van der Waals surface area contributed by atoms with E-state index in [9.17, 15) is 18.0 Å². The van der Waals surface area contributed by atoms with E-state index in [0.29, 0.717) is 18.5 Å². The number of para-hydroxylation sites is 1. The maximum absolute atomic E-state index is 13.9. The number of aryl methyl sites for hydroxylation is 1. The Morgan fingerprint density at radius 3 is 1.98 bits per heavy atom. The van der Waals surface area contributed by atoms with Crippen molar-refractivity contribution in [2.24, 2.45) is 0 Å². The van der Waals surface area contributed by atoms with Crippen LogP contribution < -0.4 is 9.62 Å². The van der Waals surface area contributed by atoms with E-state index in [2.05, 4.69) is 5.32 Å². The molecule has 1 N–H and O–H groups in total. The van der Waals surface area contributed by atoms with Crippen LogP contribution in [0.3, 0.4) is 0 Å². The third-order valence-electron chi connectivity index (χ3n) is 6.44. The van der Waals surface area contributed by atoms with Crippen molar-refractivity contribution in [3.05, 3.63) is 102 Å². The molecular formula is C32H41N3O4S. The Morgan fingerprint density at radius 1 is 0.850 bits per heavy atom. The van der Waals surface area contributed by atoms with E-state index < -0.39 is 21.6 Å². The summed E-state index contributed by atoms with van der Waals surface area (Å²) in [6.07, 6.45) is 1.93. The van der Waals surface area contributed by atoms with Crippen LogP contribution in [0.25, 0.3) is 0 Å². The Bertz CT molecular complexity index is 1350. The van der Waals surface area contributed by atoms with Gasteiger partial charge >= 0.3 is 0 Å². The van der Waals surface area contributed by atoms with Gasteiger partial charge in [0.1, 0.15) is 6.04 Å². The molecule has 3 aromatic rings. The zero-order valence-corrected chi connectivity index (χ0v) is 24.9. The van der Waals surface area contributed by atoms with Crippen molar-refractivity contribution in [3.8, 4) is 0 Å². The number of rotatable bonds is 12. The SMILES string of the molecule is Cc1ccc(CN(C(=O)CCCN(c2ccccc2)S(C)(=O)=O)[C@@H](Cc2ccccc2)C(=O)NC(C)(C)C)cc1. The number of sulfonamides is 1. The number of anilines is 1. The Morgan fingerprint density at radius 2 is 1.43 bits per heavy atom. The maximum Gasteiger partial charge on any atom is 0.243 e. The fraction of sp³-hybridized carbons (Fsp3) is 0.375. The van der Waals surface area contributed by atoms with E-state index in [1.165, 1.54) is 4.31 Å². The number of nitrogens with zero attached hydrogens (tertiary/aromatic N) is 2. The third-order valence-corrected chi connectivity index (χ3v) is 7.63. The van der Waals surface area contributed by atoms with Gasteiger partial charge in [-0.25, -0.2) is 8.42 Å². The zero-order chi connectivity index (χ0) is 29.3. The Kier molecular flexibility index (Phi) is 10.5. The van der Waals surface area contributed by atoms with Gasteiger partial charge in [0, 0.05) is 31.5 Å². The molecule has 0 spiro atoms. The van der Waals surface area contributed by atoms with Crippen molar-refractivity contribution in [2.75, 3.05) is 17.1 Å². The summed E-state index contributed by atoms with van der Waals surface area (Å²) in [7, 11) is -3.54. The van der Waals surface area contributed by atoms with Crippen LogP contribution in [-0.2, 0) is 32.6 Å². The molecule has 0 aliphatic heterocycles. The maximum atomic E-state index is 13.9. The van der Waals surface area contributed by atoms with Gasteiger partial charge in [-0.1, -0.05) is 78.4 Å². The molecule has 0 aliphatic rings. The van der Waals surface area contributed by atoms with Gasteiger partial charge in [-0.15, -0.1) is 0 Å². The lowest BCUT2D eigenvalue weighted by atomic mass is 10.00. The predicted molar refractivity (Wildman–Crippen MR) is 161 cm³/mol. The minimum Gasteiger partial charge on any atom is -0.350 e. The number of carbonyl (C=O) groups is 2. The molecule has 7 nitrogen and oxygen atoms in total. The topological polar surface area (TPSA) is 86.8 Å². The molecule has 8 heteroatoms. The molecule has 0 radical (unpaired) electrons. The Labute approximate surface area is 239 Å². The van der Waals surface area contributed by atoms with Crippen LogP contribution in [0.5, 0.6) is 0 Å². The van der Waals surface area contributed by atoms with Gasteiger partial charge in [0.05, 0.1) is 11.9 Å². The van der Waals surface area contributed by atoms with Crippen LogP contribution >= 0.6 is 0 Å². The van der Waals surface area contributed by atoms with Crippen molar-refractivity contribution in [2.45, 2.75) is 65.1 Å². The highest BCUT2D eigenvalue weighted by molar-refractivity contribution is 7.92. The quantitative estimate of drug-likeness (QED) is 0.332. The van der Waals surface area contributed by atoms with Crippen LogP contribution in [0.1, 0.15) is 50.3 Å². The Hall–Kier alpha value is -3.65. The highest BCUT2D eigenvalue weighted by Gasteiger charge is 2.32. The lowest BCUT2D eigenvalue weighted by molar-refractivity contribution is -0.142. The van der Waals surface area contributed by atoms with Gasteiger partial charge in [0.25, 0.3) is 0 Å². The second-order valence-corrected chi connectivity index (χ2v) is 13.1. The molecule has 0 fully saturated rings. The molecule has 0 saturated heterocycles. The normalized spacial score (nSPS) is 12.4. The van der Waals surface area contributed by atoms with Gasteiger partial charge in [-0.05, 0) is 57.4 Å². The van der Waals surface area contributed by atoms with Gasteiger partial charge in [0.15, 0.2) is 0 Å². The second-order valence-electron chi connectivity index (χ2n) is 11.2. The number of benzene rings is 3. The molecule has 214 valence electrons. The van der Waals surface area contributed by atoms with E-state index in [0.717, 1.165) is 22.9 Å². The molecule has 3 rings (SSSR count). The first kappa shape index (κ1) is 30.9. The summed E-state index contributed by atoms with van der Waals surface area (Å²) in [5.41, 5.74) is 3.06. The number of carbonyl (C=O) groups excluding carboxylic acids is 2. The summed E-state index contributed by atoms with van der Waals surface area (Å²) in [6, 6.07) is 25.7. The standard InChI is InChI=1S/C32H41N3O4S/c1-25-18-20-27(21-19-25)24-34(29(31(37)33-32(2,3)4)23-26-13-8-6-9-14-26)30(36)17-12-22-35(40(5,38)39)28-15-10-7-11-16-28/h6-11,13-16,18-21,29H,12,17,22-24H2,1-5H3,(H,33,37)/t29-/m0/s1. The van der Waals surface area contributed by atoms with Crippen LogP contribution in [0.4, 0.5) is 5.69 Å². The van der Waals surface area contributed by atoms with E-state index in [-0.39, 0.29) is 31.3 Å². The van der Waals surface area contributed by atoms with Crippen molar-refractivity contribution >= 4 is 27.5 Å².